The molecule has 1 aromatic carbocycles. The SMILES string of the molecule is CN1[C@H]2C[C@H](Oc3ccc(C(=O)O)c(Cl)c3)C[C@@H]3CCC321. The number of aromatic carboxylic acids is 1. The van der Waals surface area contributed by atoms with Crippen molar-refractivity contribution in [1.82, 2.24) is 4.90 Å². The van der Waals surface area contributed by atoms with Gasteiger partial charge in [0.2, 0.25) is 0 Å². The quantitative estimate of drug-likeness (QED) is 0.872. The van der Waals surface area contributed by atoms with Crippen molar-refractivity contribution in [1.29, 1.82) is 0 Å². The van der Waals surface area contributed by atoms with Gasteiger partial charge in [-0.15, -0.1) is 0 Å². The van der Waals surface area contributed by atoms with E-state index in [0.29, 0.717) is 17.3 Å². The lowest BCUT2D eigenvalue weighted by atomic mass is 9.64. The fraction of sp³-hybridized carbons (Fsp3) is 0.562. The lowest BCUT2D eigenvalue weighted by Crippen LogP contribution is -2.46. The van der Waals surface area contributed by atoms with Crippen LogP contribution in [0.3, 0.4) is 0 Å². The summed E-state index contributed by atoms with van der Waals surface area (Å²) in [5, 5.41) is 9.22. The summed E-state index contributed by atoms with van der Waals surface area (Å²) in [4.78, 5) is 13.5. The van der Waals surface area contributed by atoms with Gasteiger partial charge in [0.1, 0.15) is 11.9 Å². The fourth-order valence-electron chi connectivity index (χ4n) is 4.49. The highest BCUT2D eigenvalue weighted by Gasteiger charge is 2.71. The van der Waals surface area contributed by atoms with Crippen molar-refractivity contribution in [2.24, 2.45) is 5.92 Å². The van der Waals surface area contributed by atoms with Crippen LogP contribution in [0.1, 0.15) is 36.0 Å². The molecule has 2 unspecified atom stereocenters. The number of carboxylic acid groups (broad SMARTS) is 1. The lowest BCUT2D eigenvalue weighted by Gasteiger charge is -2.43. The molecule has 0 amide bonds. The average molecular weight is 308 g/mol. The third kappa shape index (κ3) is 1.82. The van der Waals surface area contributed by atoms with Crippen LogP contribution in [0.5, 0.6) is 5.75 Å². The van der Waals surface area contributed by atoms with E-state index < -0.39 is 5.97 Å². The molecule has 1 N–H and O–H groups in total. The first-order valence-corrected chi connectivity index (χ1v) is 7.82. The molecule has 0 bridgehead atoms. The summed E-state index contributed by atoms with van der Waals surface area (Å²) in [5.74, 6) is 0.424. The van der Waals surface area contributed by atoms with Gasteiger partial charge in [0, 0.05) is 18.0 Å². The lowest BCUT2D eigenvalue weighted by molar-refractivity contribution is 0.0653. The molecule has 5 atom stereocenters. The number of likely N-dealkylation sites (tertiary alicyclic amines) is 1. The first-order chi connectivity index (χ1) is 10.0. The molecule has 1 aromatic rings. The first-order valence-electron chi connectivity index (χ1n) is 7.45. The minimum Gasteiger partial charge on any atom is -0.490 e. The number of nitrogens with zero attached hydrogens (tertiary/aromatic N) is 1. The van der Waals surface area contributed by atoms with Crippen molar-refractivity contribution in [2.75, 3.05) is 7.05 Å². The van der Waals surface area contributed by atoms with E-state index in [4.69, 9.17) is 21.4 Å². The maximum atomic E-state index is 11.0. The topological polar surface area (TPSA) is 49.5 Å². The summed E-state index contributed by atoms with van der Waals surface area (Å²) in [6.45, 7) is 0. The van der Waals surface area contributed by atoms with E-state index in [1.807, 2.05) is 0 Å². The highest BCUT2D eigenvalue weighted by atomic mass is 35.5. The van der Waals surface area contributed by atoms with Gasteiger partial charge in [-0.2, -0.15) is 0 Å². The number of ether oxygens (including phenoxy) is 1. The van der Waals surface area contributed by atoms with Crippen LogP contribution in [0, 0.1) is 5.92 Å². The van der Waals surface area contributed by atoms with Crippen LogP contribution in [0.4, 0.5) is 0 Å². The molecule has 4 rings (SSSR count). The minimum absolute atomic E-state index is 0.118. The van der Waals surface area contributed by atoms with Gasteiger partial charge in [-0.25, -0.2) is 4.79 Å². The molecule has 0 aromatic heterocycles. The Bertz CT molecular complexity index is 610. The van der Waals surface area contributed by atoms with Crippen LogP contribution < -0.4 is 4.74 Å². The molecule has 112 valence electrons. The second kappa shape index (κ2) is 4.37. The van der Waals surface area contributed by atoms with E-state index in [1.165, 1.54) is 18.9 Å². The molecular formula is C16H18ClNO3. The highest BCUT2D eigenvalue weighted by molar-refractivity contribution is 6.33. The number of halogens is 1. The predicted octanol–water partition coefficient (Wildman–Crippen LogP) is 3.04. The van der Waals surface area contributed by atoms with Crippen LogP contribution in [0.25, 0.3) is 0 Å². The Morgan fingerprint density at radius 1 is 1.48 bits per heavy atom. The van der Waals surface area contributed by atoms with Crippen molar-refractivity contribution in [2.45, 2.75) is 43.4 Å². The molecule has 0 radical (unpaired) electrons. The van der Waals surface area contributed by atoms with E-state index in [1.54, 1.807) is 12.1 Å². The van der Waals surface area contributed by atoms with Gasteiger partial charge in [-0.05, 0) is 50.4 Å². The van der Waals surface area contributed by atoms with Crippen LogP contribution in [0.15, 0.2) is 18.2 Å². The second-order valence-electron chi connectivity index (χ2n) is 6.51. The molecule has 1 saturated heterocycles. The Kier molecular flexibility index (Phi) is 2.79. The average Bonchev–Trinajstić information content (AvgIpc) is 3.01. The molecule has 21 heavy (non-hydrogen) atoms. The number of hydrogen-bond acceptors (Lipinski definition) is 3. The fourth-order valence-corrected chi connectivity index (χ4v) is 4.74. The van der Waals surface area contributed by atoms with Crippen molar-refractivity contribution in [3.63, 3.8) is 0 Å². The summed E-state index contributed by atoms with van der Waals surface area (Å²) in [5.41, 5.74) is 0.623. The van der Waals surface area contributed by atoms with Gasteiger partial charge in [0.25, 0.3) is 0 Å². The number of carbonyl (C=O) groups is 1. The van der Waals surface area contributed by atoms with Gasteiger partial charge in [0.15, 0.2) is 0 Å². The van der Waals surface area contributed by atoms with E-state index in [2.05, 4.69) is 11.9 Å². The van der Waals surface area contributed by atoms with Crippen molar-refractivity contribution >= 4 is 17.6 Å². The largest absolute Gasteiger partial charge is 0.490 e. The summed E-state index contributed by atoms with van der Waals surface area (Å²) < 4.78 is 6.06. The third-order valence-electron chi connectivity index (χ3n) is 5.74. The van der Waals surface area contributed by atoms with Gasteiger partial charge < -0.3 is 9.84 Å². The Balaban J connectivity index is 1.47. The molecular weight excluding hydrogens is 290 g/mol. The molecule has 3 fully saturated rings. The van der Waals surface area contributed by atoms with E-state index >= 15 is 0 Å². The summed E-state index contributed by atoms with van der Waals surface area (Å²) in [6, 6.07) is 5.50. The maximum absolute atomic E-state index is 11.0. The molecule has 1 spiro atoms. The summed E-state index contributed by atoms with van der Waals surface area (Å²) in [6.07, 6.45) is 5.01. The second-order valence-corrected chi connectivity index (χ2v) is 6.92. The Labute approximate surface area is 128 Å². The Hall–Kier alpha value is -1.26. The van der Waals surface area contributed by atoms with Crippen LogP contribution >= 0.6 is 11.6 Å². The third-order valence-corrected chi connectivity index (χ3v) is 6.05. The van der Waals surface area contributed by atoms with Crippen molar-refractivity contribution in [3.05, 3.63) is 28.8 Å². The van der Waals surface area contributed by atoms with E-state index in [0.717, 1.165) is 18.8 Å². The Morgan fingerprint density at radius 3 is 2.86 bits per heavy atom. The number of benzene rings is 1. The van der Waals surface area contributed by atoms with Crippen molar-refractivity contribution in [3.8, 4) is 5.75 Å². The van der Waals surface area contributed by atoms with Gasteiger partial charge in [0.05, 0.1) is 10.6 Å². The van der Waals surface area contributed by atoms with Crippen LogP contribution in [-0.4, -0.2) is 40.7 Å². The standard InChI is InChI=1S/C16H18ClNO3/c1-18-14-8-11(6-9-4-5-16(9,14)18)21-10-2-3-12(15(19)20)13(17)7-10/h2-3,7,9,11,14H,4-6,8H2,1H3,(H,19,20)/t9-,11+,14-,16?,18?/m0/s1. The molecule has 1 aliphatic heterocycles. The summed E-state index contributed by atoms with van der Waals surface area (Å²) >= 11 is 6.00. The molecule has 3 aliphatic rings. The maximum Gasteiger partial charge on any atom is 0.337 e. The number of rotatable bonds is 3. The Morgan fingerprint density at radius 2 is 2.29 bits per heavy atom. The zero-order valence-electron chi connectivity index (χ0n) is 11.9. The zero-order valence-corrected chi connectivity index (χ0v) is 12.6. The number of hydrogen-bond donors (Lipinski definition) is 1. The molecule has 2 aliphatic carbocycles. The van der Waals surface area contributed by atoms with Crippen molar-refractivity contribution < 1.29 is 14.6 Å². The van der Waals surface area contributed by atoms with Crippen LogP contribution in [0.2, 0.25) is 5.02 Å². The highest BCUT2D eigenvalue weighted by Crippen LogP contribution is 2.63. The monoisotopic (exact) mass is 307 g/mol. The van der Waals surface area contributed by atoms with E-state index in [-0.39, 0.29) is 16.7 Å². The van der Waals surface area contributed by atoms with Crippen LogP contribution in [-0.2, 0) is 0 Å². The smallest absolute Gasteiger partial charge is 0.337 e. The van der Waals surface area contributed by atoms with Gasteiger partial charge in [-0.3, -0.25) is 4.90 Å². The van der Waals surface area contributed by atoms with Gasteiger partial charge in [-0.1, -0.05) is 11.6 Å². The number of likely N-dealkylation sites (N-methyl/N-ethyl adjacent to an activating group) is 1. The normalized spacial score (nSPS) is 39.7. The molecule has 5 heteroatoms. The molecule has 4 nitrogen and oxygen atoms in total. The molecule has 1 heterocycles. The first kappa shape index (κ1) is 13.4. The minimum atomic E-state index is -1.01. The molecule has 2 saturated carbocycles. The summed E-state index contributed by atoms with van der Waals surface area (Å²) in [7, 11) is 2.22. The van der Waals surface area contributed by atoms with E-state index in [9.17, 15) is 4.79 Å². The van der Waals surface area contributed by atoms with Gasteiger partial charge >= 0.3 is 5.97 Å². The zero-order chi connectivity index (χ0) is 14.8. The predicted molar refractivity (Wildman–Crippen MR) is 79.1 cm³/mol. The number of carboxylic acids is 1.